The lowest BCUT2D eigenvalue weighted by molar-refractivity contribution is -0.137. The molecule has 1 heterocycles. The first-order chi connectivity index (χ1) is 12.9. The van der Waals surface area contributed by atoms with Gasteiger partial charge >= 0.3 is 12.2 Å². The Bertz CT molecular complexity index is 753. The SMILES string of the molecule is CCOCc1ccccc1NC(=O)NCCNc1ncccc1C(F)(F)F. The molecule has 1 aromatic heterocycles. The molecule has 0 radical (unpaired) electrons. The highest BCUT2D eigenvalue weighted by atomic mass is 19.4. The molecule has 0 aliphatic rings. The van der Waals surface area contributed by atoms with Crippen molar-refractivity contribution in [2.24, 2.45) is 0 Å². The van der Waals surface area contributed by atoms with Gasteiger partial charge in [0.1, 0.15) is 5.82 Å². The van der Waals surface area contributed by atoms with Crippen LogP contribution in [0.25, 0.3) is 0 Å². The van der Waals surface area contributed by atoms with Crippen molar-refractivity contribution in [3.63, 3.8) is 0 Å². The lowest BCUT2D eigenvalue weighted by Gasteiger charge is -2.14. The Morgan fingerprint density at radius 3 is 2.67 bits per heavy atom. The number of nitrogens with one attached hydrogen (secondary N) is 3. The summed E-state index contributed by atoms with van der Waals surface area (Å²) in [7, 11) is 0. The summed E-state index contributed by atoms with van der Waals surface area (Å²) >= 11 is 0. The van der Waals surface area contributed by atoms with Crippen LogP contribution in [-0.4, -0.2) is 30.7 Å². The second kappa shape index (κ2) is 9.77. The third-order valence-corrected chi connectivity index (χ3v) is 3.54. The number of hydrogen-bond acceptors (Lipinski definition) is 4. The van der Waals surface area contributed by atoms with E-state index < -0.39 is 17.8 Å². The fourth-order valence-corrected chi connectivity index (χ4v) is 2.28. The largest absolute Gasteiger partial charge is 0.419 e. The van der Waals surface area contributed by atoms with Gasteiger partial charge in [-0.05, 0) is 25.1 Å². The topological polar surface area (TPSA) is 75.3 Å². The predicted octanol–water partition coefficient (Wildman–Crippen LogP) is 3.87. The quantitative estimate of drug-likeness (QED) is 0.606. The Balaban J connectivity index is 1.83. The normalized spacial score (nSPS) is 11.1. The monoisotopic (exact) mass is 382 g/mol. The molecular formula is C18H21F3N4O2. The molecule has 0 saturated carbocycles. The average molecular weight is 382 g/mol. The van der Waals surface area contributed by atoms with E-state index in [9.17, 15) is 18.0 Å². The van der Waals surface area contributed by atoms with E-state index in [4.69, 9.17) is 4.74 Å². The maximum Gasteiger partial charge on any atom is 0.419 e. The van der Waals surface area contributed by atoms with Crippen molar-refractivity contribution in [2.45, 2.75) is 19.7 Å². The van der Waals surface area contributed by atoms with Crippen LogP contribution in [0, 0.1) is 0 Å². The van der Waals surface area contributed by atoms with Gasteiger partial charge in [-0.25, -0.2) is 9.78 Å². The first-order valence-corrected chi connectivity index (χ1v) is 8.38. The zero-order valence-corrected chi connectivity index (χ0v) is 14.8. The second-order valence-electron chi connectivity index (χ2n) is 5.50. The van der Waals surface area contributed by atoms with Gasteiger partial charge in [-0.1, -0.05) is 18.2 Å². The summed E-state index contributed by atoms with van der Waals surface area (Å²) in [5, 5.41) is 7.87. The van der Waals surface area contributed by atoms with Gasteiger partial charge < -0.3 is 20.7 Å². The molecule has 2 rings (SSSR count). The Kier molecular flexibility index (Phi) is 7.42. The molecule has 2 aromatic rings. The van der Waals surface area contributed by atoms with E-state index >= 15 is 0 Å². The van der Waals surface area contributed by atoms with E-state index in [0.29, 0.717) is 18.9 Å². The lowest BCUT2D eigenvalue weighted by Crippen LogP contribution is -2.33. The van der Waals surface area contributed by atoms with Gasteiger partial charge in [-0.15, -0.1) is 0 Å². The molecule has 0 saturated heterocycles. The number of hydrogen-bond donors (Lipinski definition) is 3. The van der Waals surface area contributed by atoms with Gasteiger partial charge in [-0.3, -0.25) is 0 Å². The molecule has 0 unspecified atom stereocenters. The molecule has 9 heteroatoms. The Morgan fingerprint density at radius 2 is 1.93 bits per heavy atom. The number of carbonyl (C=O) groups excluding carboxylic acids is 1. The summed E-state index contributed by atoms with van der Waals surface area (Å²) in [6.07, 6.45) is -3.22. The van der Waals surface area contributed by atoms with Crippen LogP contribution in [0.3, 0.4) is 0 Å². The summed E-state index contributed by atoms with van der Waals surface area (Å²) in [4.78, 5) is 15.7. The van der Waals surface area contributed by atoms with Gasteiger partial charge in [0.15, 0.2) is 0 Å². The number of nitrogens with zero attached hydrogens (tertiary/aromatic N) is 1. The van der Waals surface area contributed by atoms with Gasteiger partial charge in [0, 0.05) is 37.1 Å². The second-order valence-corrected chi connectivity index (χ2v) is 5.50. The first-order valence-electron chi connectivity index (χ1n) is 8.38. The number of alkyl halides is 3. The van der Waals surface area contributed by atoms with Gasteiger partial charge in [0.2, 0.25) is 0 Å². The van der Waals surface area contributed by atoms with Crippen molar-refractivity contribution in [3.05, 3.63) is 53.7 Å². The smallest absolute Gasteiger partial charge is 0.377 e. The fourth-order valence-electron chi connectivity index (χ4n) is 2.28. The molecule has 0 atom stereocenters. The van der Waals surface area contributed by atoms with Crippen molar-refractivity contribution in [2.75, 3.05) is 30.3 Å². The van der Waals surface area contributed by atoms with Crippen LogP contribution in [0.2, 0.25) is 0 Å². The van der Waals surface area contributed by atoms with Crippen LogP contribution >= 0.6 is 0 Å². The predicted molar refractivity (Wildman–Crippen MR) is 96.5 cm³/mol. The molecule has 6 nitrogen and oxygen atoms in total. The van der Waals surface area contributed by atoms with Gasteiger partial charge in [-0.2, -0.15) is 13.2 Å². The van der Waals surface area contributed by atoms with E-state index in [1.54, 1.807) is 12.1 Å². The fraction of sp³-hybridized carbons (Fsp3) is 0.333. The third kappa shape index (κ3) is 6.45. The van der Waals surface area contributed by atoms with Crippen molar-refractivity contribution >= 4 is 17.5 Å². The summed E-state index contributed by atoms with van der Waals surface area (Å²) < 4.78 is 44.0. The maximum absolute atomic E-state index is 12.9. The Labute approximate surface area is 155 Å². The number of benzene rings is 1. The molecule has 146 valence electrons. The van der Waals surface area contributed by atoms with Crippen molar-refractivity contribution in [1.82, 2.24) is 10.3 Å². The van der Waals surface area contributed by atoms with Crippen LogP contribution in [0.15, 0.2) is 42.6 Å². The van der Waals surface area contributed by atoms with E-state index in [1.165, 1.54) is 12.3 Å². The molecule has 3 N–H and O–H groups in total. The highest BCUT2D eigenvalue weighted by molar-refractivity contribution is 5.90. The van der Waals surface area contributed by atoms with Crippen LogP contribution in [0.4, 0.5) is 29.5 Å². The molecule has 0 spiro atoms. The number of carbonyl (C=O) groups is 1. The first kappa shape index (κ1) is 20.5. The summed E-state index contributed by atoms with van der Waals surface area (Å²) in [5.74, 6) is -0.269. The van der Waals surface area contributed by atoms with Crippen LogP contribution in [0.1, 0.15) is 18.1 Å². The highest BCUT2D eigenvalue weighted by Crippen LogP contribution is 2.33. The molecule has 0 bridgehead atoms. The number of amides is 2. The summed E-state index contributed by atoms with van der Waals surface area (Å²) in [5.41, 5.74) is 0.593. The molecule has 0 aliphatic carbocycles. The molecule has 1 aromatic carbocycles. The Morgan fingerprint density at radius 1 is 1.15 bits per heavy atom. The van der Waals surface area contributed by atoms with Crippen molar-refractivity contribution in [3.8, 4) is 0 Å². The minimum Gasteiger partial charge on any atom is -0.377 e. The number of rotatable bonds is 8. The average Bonchev–Trinajstić information content (AvgIpc) is 2.64. The molecule has 27 heavy (non-hydrogen) atoms. The number of urea groups is 1. The third-order valence-electron chi connectivity index (χ3n) is 3.54. The minimum absolute atomic E-state index is 0.0914. The van der Waals surface area contributed by atoms with E-state index in [0.717, 1.165) is 11.6 Å². The van der Waals surface area contributed by atoms with E-state index in [2.05, 4.69) is 20.9 Å². The zero-order chi connectivity index (χ0) is 19.7. The van der Waals surface area contributed by atoms with Crippen LogP contribution in [0.5, 0.6) is 0 Å². The molecule has 0 fully saturated rings. The molecular weight excluding hydrogens is 361 g/mol. The maximum atomic E-state index is 12.9. The lowest BCUT2D eigenvalue weighted by atomic mass is 10.2. The highest BCUT2D eigenvalue weighted by Gasteiger charge is 2.33. The zero-order valence-electron chi connectivity index (χ0n) is 14.8. The number of pyridine rings is 1. The summed E-state index contributed by atoms with van der Waals surface area (Å²) in [6, 6.07) is 8.92. The van der Waals surface area contributed by atoms with Crippen LogP contribution in [-0.2, 0) is 17.5 Å². The van der Waals surface area contributed by atoms with Crippen molar-refractivity contribution in [1.29, 1.82) is 0 Å². The van der Waals surface area contributed by atoms with Gasteiger partial charge in [0.05, 0.1) is 12.2 Å². The van der Waals surface area contributed by atoms with Gasteiger partial charge in [0.25, 0.3) is 0 Å². The van der Waals surface area contributed by atoms with E-state index in [1.807, 2.05) is 19.1 Å². The number of halogens is 3. The number of para-hydroxylation sites is 1. The summed E-state index contributed by atoms with van der Waals surface area (Å²) in [6.45, 7) is 3.01. The van der Waals surface area contributed by atoms with Crippen molar-refractivity contribution < 1.29 is 22.7 Å². The minimum atomic E-state index is -4.49. The number of anilines is 2. The standard InChI is InChI=1S/C18H21F3N4O2/c1-2-27-12-13-6-3-4-8-15(13)25-17(26)24-11-10-23-16-14(18(19,20)21)7-5-9-22-16/h3-9H,2,10-12H2,1H3,(H,22,23)(H2,24,25,26). The van der Waals surface area contributed by atoms with E-state index in [-0.39, 0.29) is 18.9 Å². The van der Waals surface area contributed by atoms with Crippen LogP contribution < -0.4 is 16.0 Å². The number of aromatic nitrogens is 1. The number of ether oxygens (including phenoxy) is 1. The Hall–Kier alpha value is -2.81. The molecule has 0 aliphatic heterocycles. The molecule has 2 amide bonds.